The topological polar surface area (TPSA) is 98.8 Å². The van der Waals surface area contributed by atoms with Gasteiger partial charge < -0.3 is 10.1 Å². The van der Waals surface area contributed by atoms with E-state index in [-0.39, 0.29) is 23.4 Å². The van der Waals surface area contributed by atoms with Crippen molar-refractivity contribution in [1.82, 2.24) is 10.3 Å². The van der Waals surface area contributed by atoms with Gasteiger partial charge in [0.25, 0.3) is 5.91 Å². The highest BCUT2D eigenvalue weighted by molar-refractivity contribution is 5.95. The Labute approximate surface area is 139 Å². The second-order valence-corrected chi connectivity index (χ2v) is 5.48. The van der Waals surface area contributed by atoms with Crippen molar-refractivity contribution in [3.8, 4) is 17.9 Å². The fourth-order valence-electron chi connectivity index (χ4n) is 2.90. The number of nitrogens with one attached hydrogen (secondary N) is 1. The van der Waals surface area contributed by atoms with E-state index >= 15 is 0 Å². The Hall–Kier alpha value is -3.38. The molecule has 0 unspecified atom stereocenters. The Balaban J connectivity index is 1.83. The standard InChI is InChI=1S/C18H14N4O2/c1-24-16-7-12(9-20)10-21-17(16)18(23)22-15-5-3-13-6-11(8-19)2-4-14(13)15/h2,4,6-7,10,15H,3,5H2,1H3,(H,22,23)/t15-/m1/s1. The van der Waals surface area contributed by atoms with Crippen LogP contribution in [0.4, 0.5) is 0 Å². The third-order valence-corrected chi connectivity index (χ3v) is 4.07. The van der Waals surface area contributed by atoms with Gasteiger partial charge in [-0.15, -0.1) is 0 Å². The number of hydrogen-bond donors (Lipinski definition) is 1. The van der Waals surface area contributed by atoms with Crippen LogP contribution in [0, 0.1) is 22.7 Å². The first kappa shape index (κ1) is 15.5. The number of nitrogens with zero attached hydrogens (tertiary/aromatic N) is 3. The van der Waals surface area contributed by atoms with E-state index < -0.39 is 0 Å². The summed E-state index contributed by atoms with van der Waals surface area (Å²) in [6, 6.07) is 11.0. The highest BCUT2D eigenvalue weighted by Gasteiger charge is 2.26. The van der Waals surface area contributed by atoms with Crippen molar-refractivity contribution < 1.29 is 9.53 Å². The van der Waals surface area contributed by atoms with Gasteiger partial charge in [0.15, 0.2) is 11.4 Å². The minimum atomic E-state index is -0.349. The maximum atomic E-state index is 12.5. The number of fused-ring (bicyclic) bond motifs is 1. The Bertz CT molecular complexity index is 893. The molecule has 1 heterocycles. The molecule has 1 atom stereocenters. The average molecular weight is 318 g/mol. The maximum Gasteiger partial charge on any atom is 0.274 e. The molecule has 6 nitrogen and oxygen atoms in total. The van der Waals surface area contributed by atoms with Gasteiger partial charge >= 0.3 is 0 Å². The number of amides is 1. The minimum absolute atomic E-state index is 0.123. The Morgan fingerprint density at radius 3 is 2.79 bits per heavy atom. The molecule has 0 saturated heterocycles. The molecule has 24 heavy (non-hydrogen) atoms. The highest BCUT2D eigenvalue weighted by Crippen LogP contribution is 2.32. The number of ether oxygens (including phenoxy) is 1. The number of carbonyl (C=O) groups is 1. The normalized spacial score (nSPS) is 15.0. The van der Waals surface area contributed by atoms with E-state index in [0.717, 1.165) is 24.0 Å². The Kier molecular flexibility index (Phi) is 4.13. The van der Waals surface area contributed by atoms with E-state index in [4.69, 9.17) is 15.3 Å². The summed E-state index contributed by atoms with van der Waals surface area (Å²) in [5.41, 5.74) is 3.21. The number of aromatic nitrogens is 1. The molecule has 1 aromatic carbocycles. The fraction of sp³-hybridized carbons (Fsp3) is 0.222. The zero-order chi connectivity index (χ0) is 17.1. The second-order valence-electron chi connectivity index (χ2n) is 5.48. The number of methoxy groups -OCH3 is 1. The molecule has 0 saturated carbocycles. The van der Waals surface area contributed by atoms with Gasteiger partial charge in [-0.1, -0.05) is 6.07 Å². The quantitative estimate of drug-likeness (QED) is 0.935. The molecule has 1 amide bonds. The lowest BCUT2D eigenvalue weighted by Crippen LogP contribution is -2.28. The second kappa shape index (κ2) is 6.39. The summed E-state index contributed by atoms with van der Waals surface area (Å²) < 4.78 is 5.16. The van der Waals surface area contributed by atoms with Crippen LogP contribution < -0.4 is 10.1 Å². The SMILES string of the molecule is COc1cc(C#N)cnc1C(=O)N[C@@H]1CCc2cc(C#N)ccc21. The van der Waals surface area contributed by atoms with E-state index in [1.807, 2.05) is 18.2 Å². The number of benzene rings is 1. The van der Waals surface area contributed by atoms with Crippen molar-refractivity contribution in [3.63, 3.8) is 0 Å². The smallest absolute Gasteiger partial charge is 0.274 e. The van der Waals surface area contributed by atoms with Crippen LogP contribution in [0.25, 0.3) is 0 Å². The third kappa shape index (κ3) is 2.78. The molecule has 3 rings (SSSR count). The van der Waals surface area contributed by atoms with Gasteiger partial charge in [-0.25, -0.2) is 4.98 Å². The predicted octanol–water partition coefficient (Wildman–Crippen LogP) is 2.25. The molecule has 1 N–H and O–H groups in total. The summed E-state index contributed by atoms with van der Waals surface area (Å²) in [5.74, 6) is -0.0804. The molecule has 6 heteroatoms. The molecule has 0 aliphatic heterocycles. The molecule has 0 spiro atoms. The molecule has 1 aliphatic carbocycles. The van der Waals surface area contributed by atoms with E-state index in [2.05, 4.69) is 16.4 Å². The number of pyridine rings is 1. The minimum Gasteiger partial charge on any atom is -0.494 e. The van der Waals surface area contributed by atoms with Gasteiger partial charge in [-0.3, -0.25) is 4.79 Å². The monoisotopic (exact) mass is 318 g/mol. The van der Waals surface area contributed by atoms with Crippen LogP contribution in [0.3, 0.4) is 0 Å². The third-order valence-electron chi connectivity index (χ3n) is 4.07. The number of rotatable bonds is 3. The van der Waals surface area contributed by atoms with Crippen LogP contribution in [0.2, 0.25) is 0 Å². The van der Waals surface area contributed by atoms with Gasteiger partial charge in [0.2, 0.25) is 0 Å². The van der Waals surface area contributed by atoms with Gasteiger partial charge in [0, 0.05) is 12.3 Å². The van der Waals surface area contributed by atoms with Crippen molar-refractivity contribution in [2.45, 2.75) is 18.9 Å². The highest BCUT2D eigenvalue weighted by atomic mass is 16.5. The number of hydrogen-bond acceptors (Lipinski definition) is 5. The van der Waals surface area contributed by atoms with Crippen molar-refractivity contribution in [3.05, 3.63) is 58.4 Å². The van der Waals surface area contributed by atoms with E-state index in [1.165, 1.54) is 19.4 Å². The molecule has 2 aromatic rings. The summed E-state index contributed by atoms with van der Waals surface area (Å²) in [5, 5.41) is 20.8. The zero-order valence-electron chi connectivity index (χ0n) is 13.0. The molecule has 1 aromatic heterocycles. The van der Waals surface area contributed by atoms with Crippen molar-refractivity contribution in [2.75, 3.05) is 7.11 Å². The van der Waals surface area contributed by atoms with Crippen LogP contribution in [-0.4, -0.2) is 18.0 Å². The van der Waals surface area contributed by atoms with Crippen molar-refractivity contribution in [1.29, 1.82) is 10.5 Å². The molecule has 118 valence electrons. The number of carbonyl (C=O) groups excluding carboxylic acids is 1. The molecular formula is C18H14N4O2. The van der Waals surface area contributed by atoms with Crippen molar-refractivity contribution >= 4 is 5.91 Å². The predicted molar refractivity (Wildman–Crippen MR) is 85.2 cm³/mol. The van der Waals surface area contributed by atoms with E-state index in [9.17, 15) is 4.79 Å². The van der Waals surface area contributed by atoms with Crippen LogP contribution in [0.15, 0.2) is 30.5 Å². The fourth-order valence-corrected chi connectivity index (χ4v) is 2.90. The molecule has 0 bridgehead atoms. The first-order chi connectivity index (χ1) is 11.7. The van der Waals surface area contributed by atoms with Crippen LogP contribution >= 0.6 is 0 Å². The first-order valence-electron chi connectivity index (χ1n) is 7.44. The summed E-state index contributed by atoms with van der Waals surface area (Å²) >= 11 is 0. The lowest BCUT2D eigenvalue weighted by molar-refractivity contribution is 0.0928. The summed E-state index contributed by atoms with van der Waals surface area (Å²) in [7, 11) is 1.43. The van der Waals surface area contributed by atoms with Gasteiger partial charge in [-0.05, 0) is 36.1 Å². The molecular weight excluding hydrogens is 304 g/mol. The van der Waals surface area contributed by atoms with Crippen LogP contribution in [-0.2, 0) is 6.42 Å². The average Bonchev–Trinajstić information content (AvgIpc) is 3.02. The zero-order valence-corrected chi connectivity index (χ0v) is 13.0. The van der Waals surface area contributed by atoms with E-state index in [1.54, 1.807) is 6.07 Å². The summed E-state index contributed by atoms with van der Waals surface area (Å²) in [6.07, 6.45) is 2.93. The summed E-state index contributed by atoms with van der Waals surface area (Å²) in [6.45, 7) is 0. The van der Waals surface area contributed by atoms with E-state index in [0.29, 0.717) is 11.1 Å². The van der Waals surface area contributed by atoms with Crippen molar-refractivity contribution in [2.24, 2.45) is 0 Å². The molecule has 1 aliphatic rings. The summed E-state index contributed by atoms with van der Waals surface area (Å²) in [4.78, 5) is 16.6. The number of aryl methyl sites for hydroxylation is 1. The Morgan fingerprint density at radius 1 is 1.29 bits per heavy atom. The van der Waals surface area contributed by atoms with Gasteiger partial charge in [0.05, 0.1) is 30.3 Å². The van der Waals surface area contributed by atoms with Gasteiger partial charge in [0.1, 0.15) is 6.07 Å². The van der Waals surface area contributed by atoms with Crippen LogP contribution in [0.1, 0.15) is 45.2 Å². The van der Waals surface area contributed by atoms with Gasteiger partial charge in [-0.2, -0.15) is 10.5 Å². The van der Waals surface area contributed by atoms with Crippen LogP contribution in [0.5, 0.6) is 5.75 Å². The maximum absolute atomic E-state index is 12.5. The Morgan fingerprint density at radius 2 is 2.08 bits per heavy atom. The lowest BCUT2D eigenvalue weighted by atomic mass is 10.1. The lowest BCUT2D eigenvalue weighted by Gasteiger charge is -2.15. The largest absolute Gasteiger partial charge is 0.494 e. The first-order valence-corrected chi connectivity index (χ1v) is 7.44. The molecule has 0 radical (unpaired) electrons. The number of nitriles is 2. The molecule has 0 fully saturated rings.